The van der Waals surface area contributed by atoms with Gasteiger partial charge in [-0.2, -0.15) is 0 Å². The molecule has 1 unspecified atom stereocenters. The molecule has 1 aromatic rings. The van der Waals surface area contributed by atoms with Crippen molar-refractivity contribution in [2.24, 2.45) is 0 Å². The summed E-state index contributed by atoms with van der Waals surface area (Å²) in [5.74, 6) is -0.926. The van der Waals surface area contributed by atoms with E-state index in [-0.39, 0.29) is 16.0 Å². The normalized spacial score (nSPS) is 20.3. The van der Waals surface area contributed by atoms with E-state index < -0.39 is 5.97 Å². The number of thiazole rings is 1. The lowest BCUT2D eigenvalue weighted by Gasteiger charge is -2.09. The van der Waals surface area contributed by atoms with Crippen molar-refractivity contribution in [1.29, 1.82) is 0 Å². The third kappa shape index (κ3) is 3.02. The van der Waals surface area contributed by atoms with E-state index in [0.29, 0.717) is 10.0 Å². The molecule has 1 saturated heterocycles. The molecule has 0 aliphatic carbocycles. The molecule has 18 heavy (non-hydrogen) atoms. The summed E-state index contributed by atoms with van der Waals surface area (Å²) < 4.78 is 0.659. The molecule has 1 amide bonds. The second-order valence-corrected chi connectivity index (χ2v) is 6.54. The minimum atomic E-state index is -0.956. The quantitative estimate of drug-likeness (QED) is 0.887. The number of aromatic carboxylic acids is 1. The molecular formula is C11H14N2O3S2. The SMILES string of the molecule is Cc1nc(SC2CCCCNC2=O)sc1C(=O)O. The van der Waals surface area contributed by atoms with Gasteiger partial charge in [0.15, 0.2) is 4.34 Å². The lowest BCUT2D eigenvalue weighted by atomic mass is 10.2. The number of nitrogens with zero attached hydrogens (tertiary/aromatic N) is 1. The van der Waals surface area contributed by atoms with E-state index in [2.05, 4.69) is 10.3 Å². The lowest BCUT2D eigenvalue weighted by Crippen LogP contribution is -2.30. The minimum Gasteiger partial charge on any atom is -0.477 e. The predicted molar refractivity (Wildman–Crippen MR) is 70.3 cm³/mol. The van der Waals surface area contributed by atoms with E-state index in [9.17, 15) is 9.59 Å². The van der Waals surface area contributed by atoms with Crippen molar-refractivity contribution >= 4 is 35.0 Å². The average Bonchev–Trinajstić information content (AvgIpc) is 2.56. The van der Waals surface area contributed by atoms with Gasteiger partial charge in [-0.05, 0) is 19.8 Å². The Morgan fingerprint density at radius 3 is 3.00 bits per heavy atom. The third-order valence-corrected chi connectivity index (χ3v) is 5.21. The molecule has 1 aliphatic heterocycles. The second-order valence-electron chi connectivity index (χ2n) is 4.09. The van der Waals surface area contributed by atoms with Crippen molar-refractivity contribution in [3.8, 4) is 0 Å². The molecule has 98 valence electrons. The van der Waals surface area contributed by atoms with Gasteiger partial charge in [0.05, 0.1) is 10.9 Å². The molecule has 1 fully saturated rings. The molecule has 1 aliphatic rings. The van der Waals surface area contributed by atoms with Crippen LogP contribution in [0.1, 0.15) is 34.6 Å². The highest BCUT2D eigenvalue weighted by Crippen LogP contribution is 2.32. The van der Waals surface area contributed by atoms with Crippen LogP contribution in [-0.2, 0) is 4.79 Å². The van der Waals surface area contributed by atoms with E-state index in [1.165, 1.54) is 11.8 Å². The first-order valence-corrected chi connectivity index (χ1v) is 7.42. The molecule has 0 spiro atoms. The summed E-state index contributed by atoms with van der Waals surface area (Å²) >= 11 is 2.51. The number of carboxylic acids is 1. The highest BCUT2D eigenvalue weighted by atomic mass is 32.2. The number of hydrogen-bond donors (Lipinski definition) is 2. The van der Waals surface area contributed by atoms with Crippen LogP contribution < -0.4 is 5.32 Å². The van der Waals surface area contributed by atoms with Crippen LogP contribution in [0.3, 0.4) is 0 Å². The molecule has 1 aromatic heterocycles. The fourth-order valence-electron chi connectivity index (χ4n) is 1.77. The first-order chi connectivity index (χ1) is 8.58. The van der Waals surface area contributed by atoms with Gasteiger partial charge < -0.3 is 10.4 Å². The van der Waals surface area contributed by atoms with Gasteiger partial charge in [0, 0.05) is 6.54 Å². The van der Waals surface area contributed by atoms with Crippen LogP contribution >= 0.6 is 23.1 Å². The fraction of sp³-hybridized carbons (Fsp3) is 0.545. The number of carboxylic acid groups (broad SMARTS) is 1. The maximum absolute atomic E-state index is 11.8. The zero-order valence-corrected chi connectivity index (χ0v) is 11.6. The predicted octanol–water partition coefficient (Wildman–Crippen LogP) is 1.91. The van der Waals surface area contributed by atoms with Crippen molar-refractivity contribution in [3.63, 3.8) is 0 Å². The minimum absolute atomic E-state index is 0.0298. The van der Waals surface area contributed by atoms with Gasteiger partial charge in [-0.25, -0.2) is 9.78 Å². The Kier molecular flexibility index (Phi) is 4.23. The molecule has 2 heterocycles. The summed E-state index contributed by atoms with van der Waals surface area (Å²) in [6.45, 7) is 2.41. The van der Waals surface area contributed by atoms with Crippen molar-refractivity contribution in [1.82, 2.24) is 10.3 Å². The Hall–Kier alpha value is -1.08. The molecule has 7 heteroatoms. The Bertz CT molecular complexity index is 473. The highest BCUT2D eigenvalue weighted by molar-refractivity contribution is 8.02. The van der Waals surface area contributed by atoms with E-state index in [4.69, 9.17) is 5.11 Å². The van der Waals surface area contributed by atoms with Gasteiger partial charge in [0.1, 0.15) is 4.88 Å². The molecule has 0 bridgehead atoms. The monoisotopic (exact) mass is 286 g/mol. The van der Waals surface area contributed by atoms with E-state index >= 15 is 0 Å². The number of amides is 1. The van der Waals surface area contributed by atoms with Gasteiger partial charge in [-0.3, -0.25) is 4.79 Å². The maximum atomic E-state index is 11.8. The Morgan fingerprint density at radius 1 is 1.56 bits per heavy atom. The number of aryl methyl sites for hydroxylation is 1. The van der Waals surface area contributed by atoms with Crippen LogP contribution in [0.15, 0.2) is 4.34 Å². The number of carbonyl (C=O) groups is 2. The number of carbonyl (C=O) groups excluding carboxylic acids is 1. The summed E-state index contributed by atoms with van der Waals surface area (Å²) in [7, 11) is 0. The topological polar surface area (TPSA) is 79.3 Å². The zero-order valence-electron chi connectivity index (χ0n) is 9.93. The van der Waals surface area contributed by atoms with Crippen LogP contribution in [0.4, 0.5) is 0 Å². The summed E-state index contributed by atoms with van der Waals surface area (Å²) in [5, 5.41) is 11.7. The molecule has 1 atom stereocenters. The van der Waals surface area contributed by atoms with E-state index in [0.717, 1.165) is 37.1 Å². The van der Waals surface area contributed by atoms with Gasteiger partial charge >= 0.3 is 5.97 Å². The third-order valence-electron chi connectivity index (χ3n) is 2.70. The van der Waals surface area contributed by atoms with Crippen molar-refractivity contribution in [3.05, 3.63) is 10.6 Å². The van der Waals surface area contributed by atoms with Crippen molar-refractivity contribution in [2.75, 3.05) is 6.54 Å². The van der Waals surface area contributed by atoms with E-state index in [1.54, 1.807) is 6.92 Å². The van der Waals surface area contributed by atoms with Crippen LogP contribution in [-0.4, -0.2) is 33.8 Å². The number of aromatic nitrogens is 1. The standard InChI is InChI=1S/C11H14N2O3S2/c1-6-8(10(15)16)18-11(13-6)17-7-4-2-3-5-12-9(7)14/h7H,2-5H2,1H3,(H,12,14)(H,15,16). The van der Waals surface area contributed by atoms with Crippen LogP contribution in [0, 0.1) is 6.92 Å². The number of nitrogens with one attached hydrogen (secondary N) is 1. The summed E-state index contributed by atoms with van der Waals surface area (Å²) in [6.07, 6.45) is 2.82. The summed E-state index contributed by atoms with van der Waals surface area (Å²) in [5.41, 5.74) is 0.518. The largest absolute Gasteiger partial charge is 0.477 e. The van der Waals surface area contributed by atoms with Gasteiger partial charge in [0.2, 0.25) is 5.91 Å². The average molecular weight is 286 g/mol. The zero-order chi connectivity index (χ0) is 13.1. The van der Waals surface area contributed by atoms with Crippen molar-refractivity contribution < 1.29 is 14.7 Å². The maximum Gasteiger partial charge on any atom is 0.347 e. The molecular weight excluding hydrogens is 272 g/mol. The second kappa shape index (κ2) is 5.71. The molecule has 5 nitrogen and oxygen atoms in total. The van der Waals surface area contributed by atoms with Crippen LogP contribution in [0.2, 0.25) is 0 Å². The molecule has 2 rings (SSSR count). The summed E-state index contributed by atoms with van der Waals surface area (Å²) in [4.78, 5) is 27.2. The molecule has 2 N–H and O–H groups in total. The Morgan fingerprint density at radius 2 is 2.33 bits per heavy atom. The van der Waals surface area contributed by atoms with Crippen LogP contribution in [0.5, 0.6) is 0 Å². The van der Waals surface area contributed by atoms with Gasteiger partial charge in [0.25, 0.3) is 0 Å². The number of rotatable bonds is 3. The van der Waals surface area contributed by atoms with Gasteiger partial charge in [-0.15, -0.1) is 11.3 Å². The first kappa shape index (κ1) is 13.4. The molecule has 0 radical (unpaired) electrons. The van der Waals surface area contributed by atoms with Crippen LogP contribution in [0.25, 0.3) is 0 Å². The lowest BCUT2D eigenvalue weighted by molar-refractivity contribution is -0.120. The van der Waals surface area contributed by atoms with Gasteiger partial charge in [-0.1, -0.05) is 18.2 Å². The summed E-state index contributed by atoms with van der Waals surface area (Å²) in [6, 6.07) is 0. The van der Waals surface area contributed by atoms with E-state index in [1.807, 2.05) is 0 Å². The fourth-order valence-corrected chi connectivity index (χ4v) is 4.10. The van der Waals surface area contributed by atoms with Crippen molar-refractivity contribution in [2.45, 2.75) is 35.8 Å². The number of thioether (sulfide) groups is 1. The number of hydrogen-bond acceptors (Lipinski definition) is 5. The Balaban J connectivity index is 2.10. The highest BCUT2D eigenvalue weighted by Gasteiger charge is 2.24. The molecule has 0 aromatic carbocycles. The smallest absolute Gasteiger partial charge is 0.347 e. The Labute approximate surface area is 113 Å². The molecule has 0 saturated carbocycles. The first-order valence-electron chi connectivity index (χ1n) is 5.73.